The molecular weight excluding hydrogens is 373 g/mol. The minimum Gasteiger partial charge on any atom is -0.368 e. The third-order valence-corrected chi connectivity index (χ3v) is 4.56. The standard InChI is InChI=1S/C19H27F3N4O2/c1-3-7-23-17(27)13-24(2)14-18(28)26-10-8-25(9-11-26)16-6-4-5-15(12-16)19(20,21)22/h4-6,12H,3,7-11,13-14H2,1-2H3,(H,23,27). The fourth-order valence-corrected chi connectivity index (χ4v) is 3.05. The Kier molecular flexibility index (Phi) is 7.68. The largest absolute Gasteiger partial charge is 0.416 e. The van der Waals surface area contributed by atoms with Crippen LogP contribution in [0.3, 0.4) is 0 Å². The summed E-state index contributed by atoms with van der Waals surface area (Å²) >= 11 is 0. The van der Waals surface area contributed by atoms with Gasteiger partial charge in [-0.15, -0.1) is 0 Å². The molecule has 2 amide bonds. The van der Waals surface area contributed by atoms with Crippen LogP contribution >= 0.6 is 0 Å². The zero-order valence-electron chi connectivity index (χ0n) is 16.3. The van der Waals surface area contributed by atoms with Crippen LogP contribution < -0.4 is 10.2 Å². The number of alkyl halides is 3. The summed E-state index contributed by atoms with van der Waals surface area (Å²) < 4.78 is 38.6. The van der Waals surface area contributed by atoms with Crippen molar-refractivity contribution in [1.29, 1.82) is 0 Å². The van der Waals surface area contributed by atoms with Gasteiger partial charge in [0.25, 0.3) is 0 Å². The quantitative estimate of drug-likeness (QED) is 0.759. The van der Waals surface area contributed by atoms with Crippen LogP contribution in [0, 0.1) is 0 Å². The molecule has 0 radical (unpaired) electrons. The van der Waals surface area contributed by atoms with Gasteiger partial charge in [0.05, 0.1) is 18.7 Å². The van der Waals surface area contributed by atoms with Crippen LogP contribution in [0.2, 0.25) is 0 Å². The van der Waals surface area contributed by atoms with Gasteiger partial charge in [0.1, 0.15) is 0 Å². The molecule has 28 heavy (non-hydrogen) atoms. The van der Waals surface area contributed by atoms with Crippen LogP contribution in [0.4, 0.5) is 18.9 Å². The SMILES string of the molecule is CCCNC(=O)CN(C)CC(=O)N1CCN(c2cccc(C(F)(F)F)c2)CC1. The number of anilines is 1. The zero-order chi connectivity index (χ0) is 20.7. The van der Waals surface area contributed by atoms with Crippen LogP contribution in [0.5, 0.6) is 0 Å². The smallest absolute Gasteiger partial charge is 0.368 e. The average molecular weight is 400 g/mol. The van der Waals surface area contributed by atoms with E-state index < -0.39 is 11.7 Å². The normalized spacial score (nSPS) is 15.1. The number of carbonyl (C=O) groups is 2. The molecule has 1 fully saturated rings. The Bertz CT molecular complexity index is 673. The van der Waals surface area contributed by atoms with E-state index in [1.165, 1.54) is 6.07 Å². The Morgan fingerprint density at radius 2 is 1.82 bits per heavy atom. The second kappa shape index (κ2) is 9.77. The number of likely N-dealkylation sites (N-methyl/N-ethyl adjacent to an activating group) is 1. The van der Waals surface area contributed by atoms with E-state index in [4.69, 9.17) is 0 Å². The molecule has 156 valence electrons. The van der Waals surface area contributed by atoms with E-state index in [0.717, 1.165) is 18.6 Å². The lowest BCUT2D eigenvalue weighted by atomic mass is 10.1. The number of carbonyl (C=O) groups excluding carboxylic acids is 2. The summed E-state index contributed by atoms with van der Waals surface area (Å²) in [7, 11) is 1.71. The van der Waals surface area contributed by atoms with Crippen molar-refractivity contribution in [2.75, 3.05) is 57.8 Å². The summed E-state index contributed by atoms with van der Waals surface area (Å²) in [6.45, 7) is 4.65. The van der Waals surface area contributed by atoms with E-state index in [0.29, 0.717) is 38.4 Å². The van der Waals surface area contributed by atoms with E-state index >= 15 is 0 Å². The molecule has 0 bridgehead atoms. The van der Waals surface area contributed by atoms with Crippen molar-refractivity contribution in [2.24, 2.45) is 0 Å². The molecule has 1 saturated heterocycles. The van der Waals surface area contributed by atoms with Crippen molar-refractivity contribution >= 4 is 17.5 Å². The van der Waals surface area contributed by atoms with Crippen molar-refractivity contribution in [3.05, 3.63) is 29.8 Å². The van der Waals surface area contributed by atoms with Gasteiger partial charge in [-0.1, -0.05) is 13.0 Å². The minimum absolute atomic E-state index is 0.0884. The first-order valence-corrected chi connectivity index (χ1v) is 9.36. The van der Waals surface area contributed by atoms with Crippen molar-refractivity contribution in [3.8, 4) is 0 Å². The molecule has 1 aromatic rings. The first kappa shape index (κ1) is 22.0. The molecule has 9 heteroatoms. The van der Waals surface area contributed by atoms with E-state index in [2.05, 4.69) is 5.32 Å². The summed E-state index contributed by atoms with van der Waals surface area (Å²) in [5.41, 5.74) is -0.168. The number of hydrogen-bond acceptors (Lipinski definition) is 4. The summed E-state index contributed by atoms with van der Waals surface area (Å²) in [6.07, 6.45) is -3.52. The number of amides is 2. The molecule has 0 spiro atoms. The van der Waals surface area contributed by atoms with E-state index in [1.807, 2.05) is 11.8 Å². The number of rotatable bonds is 7. The summed E-state index contributed by atoms with van der Waals surface area (Å²) in [5.74, 6) is -0.207. The highest BCUT2D eigenvalue weighted by molar-refractivity contribution is 5.81. The third kappa shape index (κ3) is 6.40. The van der Waals surface area contributed by atoms with E-state index in [9.17, 15) is 22.8 Å². The Labute approximate surface area is 163 Å². The second-order valence-corrected chi connectivity index (χ2v) is 6.94. The molecule has 1 aliphatic heterocycles. The van der Waals surface area contributed by atoms with Gasteiger partial charge in [-0.2, -0.15) is 13.2 Å². The molecule has 1 aliphatic rings. The van der Waals surface area contributed by atoms with Crippen molar-refractivity contribution in [2.45, 2.75) is 19.5 Å². The van der Waals surface area contributed by atoms with Crippen molar-refractivity contribution in [3.63, 3.8) is 0 Å². The predicted octanol–water partition coefficient (Wildman–Crippen LogP) is 1.81. The third-order valence-electron chi connectivity index (χ3n) is 4.56. The van der Waals surface area contributed by atoms with Crippen LogP contribution in [0.1, 0.15) is 18.9 Å². The number of piperazine rings is 1. The van der Waals surface area contributed by atoms with Crippen LogP contribution in [-0.4, -0.2) is 74.5 Å². The molecule has 0 unspecified atom stereocenters. The van der Waals surface area contributed by atoms with Crippen molar-refractivity contribution in [1.82, 2.24) is 15.1 Å². The Morgan fingerprint density at radius 1 is 1.14 bits per heavy atom. The fraction of sp³-hybridized carbons (Fsp3) is 0.579. The Morgan fingerprint density at radius 3 is 2.43 bits per heavy atom. The minimum atomic E-state index is -4.37. The highest BCUT2D eigenvalue weighted by atomic mass is 19.4. The summed E-state index contributed by atoms with van der Waals surface area (Å²) in [4.78, 5) is 29.3. The van der Waals surface area contributed by atoms with Gasteiger partial charge in [0.15, 0.2) is 0 Å². The number of hydrogen-bond donors (Lipinski definition) is 1. The highest BCUT2D eigenvalue weighted by Crippen LogP contribution is 2.31. The molecule has 0 aliphatic carbocycles. The lowest BCUT2D eigenvalue weighted by molar-refractivity contribution is -0.137. The van der Waals surface area contributed by atoms with Crippen LogP contribution in [0.15, 0.2) is 24.3 Å². The maximum absolute atomic E-state index is 12.9. The van der Waals surface area contributed by atoms with Gasteiger partial charge in [0.2, 0.25) is 11.8 Å². The molecule has 1 aromatic carbocycles. The Balaban J connectivity index is 1.83. The fourth-order valence-electron chi connectivity index (χ4n) is 3.05. The maximum atomic E-state index is 12.9. The average Bonchev–Trinajstić information content (AvgIpc) is 2.65. The summed E-state index contributed by atoms with van der Waals surface area (Å²) in [5, 5.41) is 2.76. The van der Waals surface area contributed by atoms with Gasteiger partial charge >= 0.3 is 6.18 Å². The molecule has 0 atom stereocenters. The topological polar surface area (TPSA) is 55.9 Å². The monoisotopic (exact) mass is 400 g/mol. The molecule has 2 rings (SSSR count). The van der Waals surface area contributed by atoms with E-state index in [-0.39, 0.29) is 24.9 Å². The zero-order valence-corrected chi connectivity index (χ0v) is 16.3. The van der Waals surface area contributed by atoms with Gasteiger partial charge in [-0.3, -0.25) is 14.5 Å². The Hall–Kier alpha value is -2.29. The highest BCUT2D eigenvalue weighted by Gasteiger charge is 2.31. The number of halogens is 3. The molecule has 0 saturated carbocycles. The molecule has 0 aromatic heterocycles. The lowest BCUT2D eigenvalue weighted by Crippen LogP contribution is -2.51. The summed E-state index contributed by atoms with van der Waals surface area (Å²) in [6, 6.07) is 5.24. The first-order chi connectivity index (χ1) is 13.2. The predicted molar refractivity (Wildman–Crippen MR) is 101 cm³/mol. The molecule has 6 nitrogen and oxygen atoms in total. The first-order valence-electron chi connectivity index (χ1n) is 9.36. The molecule has 1 heterocycles. The number of benzene rings is 1. The van der Waals surface area contributed by atoms with Gasteiger partial charge in [0, 0.05) is 38.4 Å². The van der Waals surface area contributed by atoms with Crippen LogP contribution in [0.25, 0.3) is 0 Å². The number of nitrogens with one attached hydrogen (secondary N) is 1. The lowest BCUT2D eigenvalue weighted by Gasteiger charge is -2.37. The maximum Gasteiger partial charge on any atom is 0.416 e. The number of nitrogens with zero attached hydrogens (tertiary/aromatic N) is 3. The van der Waals surface area contributed by atoms with Crippen molar-refractivity contribution < 1.29 is 22.8 Å². The van der Waals surface area contributed by atoms with E-state index in [1.54, 1.807) is 22.9 Å². The van der Waals surface area contributed by atoms with Gasteiger partial charge in [-0.05, 0) is 31.7 Å². The van der Waals surface area contributed by atoms with Gasteiger partial charge in [-0.25, -0.2) is 0 Å². The van der Waals surface area contributed by atoms with Crippen LogP contribution in [-0.2, 0) is 15.8 Å². The molecule has 1 N–H and O–H groups in total. The second-order valence-electron chi connectivity index (χ2n) is 6.94. The van der Waals surface area contributed by atoms with Gasteiger partial charge < -0.3 is 15.1 Å². The molecular formula is C19H27F3N4O2.